The fraction of sp³-hybridized carbons (Fsp3) is 0.167. The van der Waals surface area contributed by atoms with E-state index in [2.05, 4.69) is 10.3 Å². The molecule has 0 aliphatic carbocycles. The third-order valence-electron chi connectivity index (χ3n) is 4.08. The predicted molar refractivity (Wildman–Crippen MR) is 94.9 cm³/mol. The molecule has 3 aromatic rings. The Labute approximate surface area is 159 Å². The van der Waals surface area contributed by atoms with Gasteiger partial charge in [0.15, 0.2) is 9.84 Å². The highest BCUT2D eigenvalue weighted by Gasteiger charge is 2.21. The normalized spacial score (nSPS) is 11.5. The lowest BCUT2D eigenvalue weighted by Crippen LogP contribution is -2.09. The summed E-state index contributed by atoms with van der Waals surface area (Å²) in [6.45, 7) is 1.93. The summed E-state index contributed by atoms with van der Waals surface area (Å²) in [6.07, 6.45) is 2.42. The Morgan fingerprint density at radius 3 is 2.39 bits per heavy atom. The highest BCUT2D eigenvalue weighted by Crippen LogP contribution is 2.22. The number of carboxylic acids is 1. The Balaban J connectivity index is 1.87. The second kappa shape index (κ2) is 7.47. The smallest absolute Gasteiger partial charge is 0.338 e. The lowest BCUT2D eigenvalue weighted by molar-refractivity contribution is 0.0691. The zero-order chi connectivity index (χ0) is 20.5. The minimum atomic E-state index is -3.98. The van der Waals surface area contributed by atoms with Gasteiger partial charge in [0.1, 0.15) is 11.6 Å². The molecule has 146 valence electrons. The fourth-order valence-corrected chi connectivity index (χ4v) is 3.89. The molecule has 2 aromatic carbocycles. The van der Waals surface area contributed by atoms with Crippen LogP contribution in [0.1, 0.15) is 28.5 Å². The topological polar surface area (TPSA) is 102 Å². The number of benzene rings is 2. The van der Waals surface area contributed by atoms with E-state index < -0.39 is 44.3 Å². The molecule has 3 rings (SSSR count). The van der Waals surface area contributed by atoms with Crippen molar-refractivity contribution in [1.29, 1.82) is 0 Å². The summed E-state index contributed by atoms with van der Waals surface area (Å²) in [5, 5.41) is 16.7. The molecule has 1 aromatic heterocycles. The lowest BCUT2D eigenvalue weighted by atomic mass is 10.1. The summed E-state index contributed by atoms with van der Waals surface area (Å²) >= 11 is 0. The number of hydrogen-bond donors (Lipinski definition) is 1. The number of carbonyl (C=O) groups is 1. The van der Waals surface area contributed by atoms with Gasteiger partial charge >= 0.3 is 5.97 Å². The molecule has 0 bridgehead atoms. The second-order valence-electron chi connectivity index (χ2n) is 5.99. The van der Waals surface area contributed by atoms with E-state index in [-0.39, 0.29) is 4.90 Å². The monoisotopic (exact) mass is 407 g/mol. The number of aromatic nitrogens is 3. The van der Waals surface area contributed by atoms with Crippen LogP contribution in [0.2, 0.25) is 0 Å². The molecule has 28 heavy (non-hydrogen) atoms. The quantitative estimate of drug-likeness (QED) is 0.674. The zero-order valence-electron chi connectivity index (χ0n) is 14.6. The summed E-state index contributed by atoms with van der Waals surface area (Å²) in [5.74, 6) is -4.75. The van der Waals surface area contributed by atoms with E-state index in [1.54, 1.807) is 6.20 Å². The van der Waals surface area contributed by atoms with Crippen LogP contribution in [0.5, 0.6) is 0 Å². The van der Waals surface area contributed by atoms with Crippen molar-refractivity contribution in [3.8, 4) is 5.69 Å². The van der Waals surface area contributed by atoms with E-state index in [9.17, 15) is 22.0 Å². The number of halogens is 2. The van der Waals surface area contributed by atoms with Crippen LogP contribution in [-0.2, 0) is 22.0 Å². The summed E-state index contributed by atoms with van der Waals surface area (Å²) < 4.78 is 54.4. The highest BCUT2D eigenvalue weighted by molar-refractivity contribution is 7.90. The summed E-state index contributed by atoms with van der Waals surface area (Å²) in [4.78, 5) is 10.7. The minimum absolute atomic E-state index is 0.0887. The molecule has 0 fully saturated rings. The van der Waals surface area contributed by atoms with Crippen LogP contribution in [0.15, 0.2) is 47.5 Å². The maximum Gasteiger partial charge on any atom is 0.338 e. The number of aromatic carboxylic acids is 1. The molecule has 0 radical (unpaired) electrons. The molecule has 0 saturated carbocycles. The number of nitrogens with zero attached hydrogens (tertiary/aromatic N) is 3. The Morgan fingerprint density at radius 1 is 1.14 bits per heavy atom. The third-order valence-corrected chi connectivity index (χ3v) is 5.76. The van der Waals surface area contributed by atoms with Crippen LogP contribution < -0.4 is 0 Å². The molecule has 10 heteroatoms. The van der Waals surface area contributed by atoms with Gasteiger partial charge in [0, 0.05) is 5.56 Å². The molecule has 0 aliphatic heterocycles. The van der Waals surface area contributed by atoms with Gasteiger partial charge in [-0.3, -0.25) is 0 Å². The Hall–Kier alpha value is -3.14. The molecule has 1 N–H and O–H groups in total. The van der Waals surface area contributed by atoms with E-state index in [1.807, 2.05) is 6.92 Å². The highest BCUT2D eigenvalue weighted by atomic mass is 32.2. The van der Waals surface area contributed by atoms with Gasteiger partial charge in [0.05, 0.1) is 33.8 Å². The molecule has 1 heterocycles. The summed E-state index contributed by atoms with van der Waals surface area (Å²) in [5.41, 5.74) is 0.0610. The average molecular weight is 407 g/mol. The van der Waals surface area contributed by atoms with Crippen LogP contribution in [0.3, 0.4) is 0 Å². The Kier molecular flexibility index (Phi) is 5.23. The first-order chi connectivity index (χ1) is 13.2. The van der Waals surface area contributed by atoms with Crippen LogP contribution in [0.4, 0.5) is 8.78 Å². The number of rotatable bonds is 6. The van der Waals surface area contributed by atoms with Crippen molar-refractivity contribution in [3.63, 3.8) is 0 Å². The van der Waals surface area contributed by atoms with E-state index in [4.69, 9.17) is 5.11 Å². The first kappa shape index (κ1) is 19.6. The van der Waals surface area contributed by atoms with Gasteiger partial charge in [-0.25, -0.2) is 26.7 Å². The molecule has 0 unspecified atom stereocenters. The molecule has 0 saturated heterocycles. The molecule has 7 nitrogen and oxygen atoms in total. The first-order valence-electron chi connectivity index (χ1n) is 8.17. The lowest BCUT2D eigenvalue weighted by Gasteiger charge is -2.08. The largest absolute Gasteiger partial charge is 0.478 e. The fourth-order valence-electron chi connectivity index (χ4n) is 2.54. The maximum absolute atomic E-state index is 14.0. The SMILES string of the molecule is CCc1cn(-c2ccc(S(=O)(=O)Cc3cc(F)c(C(=O)O)cc3F)cc2)nn1. The number of carboxylic acid groups (broad SMARTS) is 1. The summed E-state index contributed by atoms with van der Waals surface area (Å²) in [6, 6.07) is 6.76. The van der Waals surface area contributed by atoms with E-state index in [0.717, 1.165) is 5.69 Å². The molecular formula is C18H15F2N3O4S. The molecule has 0 amide bonds. The van der Waals surface area contributed by atoms with Gasteiger partial charge < -0.3 is 5.11 Å². The van der Waals surface area contributed by atoms with Crippen molar-refractivity contribution in [2.45, 2.75) is 24.0 Å². The van der Waals surface area contributed by atoms with Gasteiger partial charge in [-0.05, 0) is 42.8 Å². The Morgan fingerprint density at radius 2 is 1.82 bits per heavy atom. The maximum atomic E-state index is 14.0. The van der Waals surface area contributed by atoms with Crippen molar-refractivity contribution in [2.75, 3.05) is 0 Å². The van der Waals surface area contributed by atoms with Crippen molar-refractivity contribution in [2.24, 2.45) is 0 Å². The van der Waals surface area contributed by atoms with E-state index >= 15 is 0 Å². The van der Waals surface area contributed by atoms with Crippen LogP contribution in [-0.4, -0.2) is 34.5 Å². The molecular weight excluding hydrogens is 392 g/mol. The van der Waals surface area contributed by atoms with Crippen LogP contribution in [0.25, 0.3) is 5.69 Å². The van der Waals surface area contributed by atoms with Gasteiger partial charge in [-0.1, -0.05) is 12.1 Å². The number of aryl methyl sites for hydroxylation is 1. The van der Waals surface area contributed by atoms with E-state index in [1.165, 1.54) is 28.9 Å². The van der Waals surface area contributed by atoms with Gasteiger partial charge in [-0.15, -0.1) is 5.10 Å². The summed E-state index contributed by atoms with van der Waals surface area (Å²) in [7, 11) is -3.98. The first-order valence-corrected chi connectivity index (χ1v) is 9.82. The van der Waals surface area contributed by atoms with Gasteiger partial charge in [0.2, 0.25) is 0 Å². The second-order valence-corrected chi connectivity index (χ2v) is 7.98. The van der Waals surface area contributed by atoms with Crippen molar-refractivity contribution >= 4 is 15.8 Å². The molecule has 0 aliphatic rings. The van der Waals surface area contributed by atoms with Crippen molar-refractivity contribution < 1.29 is 27.1 Å². The number of sulfone groups is 1. The van der Waals surface area contributed by atoms with Gasteiger partial charge in [-0.2, -0.15) is 0 Å². The zero-order valence-corrected chi connectivity index (χ0v) is 15.4. The molecule has 0 atom stereocenters. The Bertz CT molecular complexity index is 1140. The van der Waals surface area contributed by atoms with Crippen LogP contribution >= 0.6 is 0 Å². The van der Waals surface area contributed by atoms with Crippen molar-refractivity contribution in [1.82, 2.24) is 15.0 Å². The minimum Gasteiger partial charge on any atom is -0.478 e. The predicted octanol–water partition coefficient (Wildman–Crippen LogP) is 2.78. The van der Waals surface area contributed by atoms with E-state index in [0.29, 0.717) is 24.2 Å². The number of hydrogen-bond acceptors (Lipinski definition) is 5. The average Bonchev–Trinajstić information content (AvgIpc) is 3.13. The van der Waals surface area contributed by atoms with Crippen molar-refractivity contribution in [3.05, 3.63) is 71.1 Å². The third kappa shape index (κ3) is 3.91. The van der Waals surface area contributed by atoms with Crippen LogP contribution in [0, 0.1) is 11.6 Å². The van der Waals surface area contributed by atoms with Gasteiger partial charge in [0.25, 0.3) is 0 Å². The molecule has 0 spiro atoms. The standard InChI is InChI=1S/C18H15F2N3O4S/c1-2-12-9-23(22-21-12)13-3-5-14(6-4-13)28(26,27)10-11-7-17(20)15(18(24)25)8-16(11)19/h3-9H,2,10H2,1H3,(H,24,25).